The number of hydrogen-bond donors (Lipinski definition) is 0. The van der Waals surface area contributed by atoms with Crippen LogP contribution in [0.4, 0.5) is 0 Å². The lowest BCUT2D eigenvalue weighted by Gasteiger charge is -2.15. The SMILES string of the molecule is C=C(C)C(=O)OCCOP(OCCC#N)OCCSI. The third-order valence-corrected chi connectivity index (χ3v) is 4.45. The molecule has 0 N–H and O–H groups in total. The molecule has 0 saturated heterocycles. The number of ether oxygens (including phenoxy) is 1. The van der Waals surface area contributed by atoms with Gasteiger partial charge in [0.1, 0.15) is 6.61 Å². The highest BCUT2D eigenvalue weighted by Gasteiger charge is 2.13. The summed E-state index contributed by atoms with van der Waals surface area (Å²) in [6.07, 6.45) is 0.275. The molecule has 114 valence electrons. The zero-order valence-corrected chi connectivity index (χ0v) is 15.0. The molecule has 0 radical (unpaired) electrons. The number of carbonyl (C=O) groups is 1. The molecule has 1 atom stereocenters. The maximum Gasteiger partial charge on any atom is 0.333 e. The highest BCUT2D eigenvalue weighted by atomic mass is 127. The predicted molar refractivity (Wildman–Crippen MR) is 87.3 cm³/mol. The van der Waals surface area contributed by atoms with Crippen LogP contribution < -0.4 is 0 Å². The topological polar surface area (TPSA) is 77.8 Å². The van der Waals surface area contributed by atoms with Crippen molar-refractivity contribution >= 4 is 44.7 Å². The Morgan fingerprint density at radius 1 is 1.30 bits per heavy atom. The smallest absolute Gasteiger partial charge is 0.333 e. The molecule has 0 heterocycles. The fraction of sp³-hybridized carbons (Fsp3) is 0.636. The van der Waals surface area contributed by atoms with Crippen molar-refractivity contribution in [3.8, 4) is 6.07 Å². The Kier molecular flexibility index (Phi) is 14.1. The summed E-state index contributed by atoms with van der Waals surface area (Å²) in [6, 6.07) is 1.97. The van der Waals surface area contributed by atoms with E-state index in [-0.39, 0.29) is 26.2 Å². The Morgan fingerprint density at radius 3 is 2.55 bits per heavy atom. The zero-order chi connectivity index (χ0) is 15.2. The molecule has 0 amide bonds. The predicted octanol–water partition coefficient (Wildman–Crippen LogP) is 3.38. The molecular weight excluding hydrogens is 416 g/mol. The number of nitrogens with zero attached hydrogens (tertiary/aromatic N) is 1. The summed E-state index contributed by atoms with van der Waals surface area (Å²) in [6.45, 7) is 6.09. The molecule has 0 rings (SSSR count). The minimum atomic E-state index is -1.51. The van der Waals surface area contributed by atoms with Crippen molar-refractivity contribution in [2.75, 3.05) is 32.2 Å². The molecule has 0 fully saturated rings. The van der Waals surface area contributed by atoms with Gasteiger partial charge in [-0.05, 0) is 28.1 Å². The zero-order valence-electron chi connectivity index (χ0n) is 11.2. The molecule has 1 unspecified atom stereocenters. The Hall–Kier alpha value is 0.0900. The average Bonchev–Trinajstić information content (AvgIpc) is 2.42. The Morgan fingerprint density at radius 2 is 1.95 bits per heavy atom. The van der Waals surface area contributed by atoms with Gasteiger partial charge in [0.2, 0.25) is 0 Å². The van der Waals surface area contributed by atoms with Gasteiger partial charge < -0.3 is 18.3 Å². The average molecular weight is 433 g/mol. The molecule has 9 heteroatoms. The number of nitriles is 1. The van der Waals surface area contributed by atoms with Crippen LogP contribution in [0.15, 0.2) is 12.2 Å². The molecule has 0 aliphatic rings. The first-order valence-corrected chi connectivity index (χ1v) is 10.4. The van der Waals surface area contributed by atoms with Crippen LogP contribution in [-0.4, -0.2) is 38.1 Å². The van der Waals surface area contributed by atoms with Gasteiger partial charge in [0.25, 0.3) is 0 Å². The molecule has 0 aromatic carbocycles. The summed E-state index contributed by atoms with van der Waals surface area (Å²) in [7, 11) is 0.109. The van der Waals surface area contributed by atoms with Gasteiger partial charge in [0.15, 0.2) is 0 Å². The van der Waals surface area contributed by atoms with Gasteiger partial charge in [0, 0.05) is 11.3 Å². The van der Waals surface area contributed by atoms with Gasteiger partial charge in [-0.25, -0.2) is 4.79 Å². The van der Waals surface area contributed by atoms with Gasteiger partial charge in [-0.3, -0.25) is 0 Å². The Labute approximate surface area is 136 Å². The molecule has 0 aromatic rings. The quantitative estimate of drug-likeness (QED) is 0.154. The fourth-order valence-corrected chi connectivity index (χ4v) is 2.53. The summed E-state index contributed by atoms with van der Waals surface area (Å²) in [5, 5.41) is 8.45. The third kappa shape index (κ3) is 11.9. The van der Waals surface area contributed by atoms with E-state index in [9.17, 15) is 4.79 Å². The highest BCUT2D eigenvalue weighted by Crippen LogP contribution is 2.39. The number of hydrogen-bond acceptors (Lipinski definition) is 7. The van der Waals surface area contributed by atoms with Crippen molar-refractivity contribution < 1.29 is 23.1 Å². The van der Waals surface area contributed by atoms with Crippen LogP contribution in [0.1, 0.15) is 13.3 Å². The number of esters is 1. The highest BCUT2D eigenvalue weighted by molar-refractivity contribution is 14.2. The molecule has 0 saturated carbocycles. The number of halogens is 1. The van der Waals surface area contributed by atoms with Crippen LogP contribution in [0.25, 0.3) is 0 Å². The Bertz CT molecular complexity index is 339. The van der Waals surface area contributed by atoms with Crippen LogP contribution in [0, 0.1) is 11.3 Å². The minimum absolute atomic E-state index is 0.108. The molecule has 20 heavy (non-hydrogen) atoms. The van der Waals surface area contributed by atoms with Crippen molar-refractivity contribution in [2.24, 2.45) is 0 Å². The molecular formula is C11H17INO5PS. The van der Waals surface area contributed by atoms with Crippen molar-refractivity contribution in [1.29, 1.82) is 5.26 Å². The van der Waals surface area contributed by atoms with E-state index in [1.807, 2.05) is 6.07 Å². The minimum Gasteiger partial charge on any atom is -0.460 e. The first-order valence-electron chi connectivity index (χ1n) is 5.73. The van der Waals surface area contributed by atoms with Gasteiger partial charge in [0.05, 0.1) is 32.3 Å². The summed E-state index contributed by atoms with van der Waals surface area (Å²) in [4.78, 5) is 11.1. The van der Waals surface area contributed by atoms with E-state index >= 15 is 0 Å². The molecule has 0 aromatic heterocycles. The third-order valence-electron chi connectivity index (χ3n) is 1.63. The van der Waals surface area contributed by atoms with Crippen molar-refractivity contribution in [3.05, 3.63) is 12.2 Å². The van der Waals surface area contributed by atoms with E-state index < -0.39 is 14.6 Å². The van der Waals surface area contributed by atoms with Crippen LogP contribution in [-0.2, 0) is 23.1 Å². The van der Waals surface area contributed by atoms with Crippen LogP contribution in [0.3, 0.4) is 0 Å². The standard InChI is InChI=1S/C11H17INO5PS/c1-10(2)11(14)15-6-7-17-19(16-5-3-4-13)18-8-9-20-12/h1,3,5-9H2,2H3. The van der Waals surface area contributed by atoms with E-state index in [4.69, 9.17) is 23.6 Å². The number of rotatable bonds is 12. The molecule has 0 aliphatic heterocycles. The van der Waals surface area contributed by atoms with E-state index in [0.717, 1.165) is 5.75 Å². The second-order valence-corrected chi connectivity index (χ2v) is 7.08. The summed E-state index contributed by atoms with van der Waals surface area (Å²) in [5.74, 6) is 0.361. The lowest BCUT2D eigenvalue weighted by Crippen LogP contribution is -2.10. The first kappa shape index (κ1) is 20.1. The summed E-state index contributed by atoms with van der Waals surface area (Å²) >= 11 is 2.17. The normalized spacial score (nSPS) is 11.7. The van der Waals surface area contributed by atoms with Crippen molar-refractivity contribution in [2.45, 2.75) is 13.3 Å². The second-order valence-electron chi connectivity index (χ2n) is 3.36. The van der Waals surface area contributed by atoms with E-state index in [1.165, 1.54) is 0 Å². The maximum atomic E-state index is 11.1. The van der Waals surface area contributed by atoms with E-state index in [0.29, 0.717) is 12.2 Å². The van der Waals surface area contributed by atoms with E-state index in [1.54, 1.807) is 15.9 Å². The van der Waals surface area contributed by atoms with Gasteiger partial charge in [-0.1, -0.05) is 15.5 Å². The lowest BCUT2D eigenvalue weighted by molar-refractivity contribution is -0.139. The second kappa shape index (κ2) is 14.0. The van der Waals surface area contributed by atoms with Crippen molar-refractivity contribution in [3.63, 3.8) is 0 Å². The maximum absolute atomic E-state index is 11.1. The monoisotopic (exact) mass is 433 g/mol. The summed E-state index contributed by atoms with van der Waals surface area (Å²) in [5.41, 5.74) is 0.341. The van der Waals surface area contributed by atoms with E-state index in [2.05, 4.69) is 27.8 Å². The largest absolute Gasteiger partial charge is 0.460 e. The van der Waals surface area contributed by atoms with Gasteiger partial charge >= 0.3 is 14.6 Å². The molecule has 0 spiro atoms. The molecule has 0 bridgehead atoms. The molecule has 0 aliphatic carbocycles. The Balaban J connectivity index is 3.86. The van der Waals surface area contributed by atoms with Gasteiger partial charge in [-0.2, -0.15) is 5.26 Å². The van der Waals surface area contributed by atoms with Crippen LogP contribution in [0.2, 0.25) is 0 Å². The fourth-order valence-electron chi connectivity index (χ4n) is 0.790. The van der Waals surface area contributed by atoms with Gasteiger partial charge in [-0.15, -0.1) is 0 Å². The van der Waals surface area contributed by atoms with Crippen LogP contribution in [0.5, 0.6) is 0 Å². The summed E-state index contributed by atoms with van der Waals surface area (Å²) < 4.78 is 21.0. The lowest BCUT2D eigenvalue weighted by atomic mass is 10.4. The first-order chi connectivity index (χ1) is 9.61. The van der Waals surface area contributed by atoms with Crippen LogP contribution >= 0.6 is 38.7 Å². The van der Waals surface area contributed by atoms with Crippen molar-refractivity contribution in [1.82, 2.24) is 0 Å². The number of carbonyl (C=O) groups excluding carboxylic acids is 1. The molecule has 6 nitrogen and oxygen atoms in total.